The highest BCUT2D eigenvalue weighted by Crippen LogP contribution is 2.25. The van der Waals surface area contributed by atoms with Gasteiger partial charge in [-0.1, -0.05) is 0 Å². The summed E-state index contributed by atoms with van der Waals surface area (Å²) in [5.74, 6) is -0.497. The van der Waals surface area contributed by atoms with Gasteiger partial charge >= 0.3 is 0 Å². The zero-order valence-electron chi connectivity index (χ0n) is 7.90. The molecule has 0 aliphatic rings. The van der Waals surface area contributed by atoms with Crippen molar-refractivity contribution in [2.24, 2.45) is 0 Å². The van der Waals surface area contributed by atoms with Gasteiger partial charge in [-0.15, -0.1) is 0 Å². The van der Waals surface area contributed by atoms with Crippen LogP contribution >= 0.6 is 0 Å². The molecule has 0 amide bonds. The molecule has 2 aromatic rings. The third-order valence-corrected chi connectivity index (χ3v) is 2.12. The number of aryl methyl sites for hydroxylation is 1. The van der Waals surface area contributed by atoms with Gasteiger partial charge in [0.25, 0.3) is 5.69 Å². The van der Waals surface area contributed by atoms with E-state index in [2.05, 4.69) is 4.98 Å². The normalized spacial score (nSPS) is 10.5. The molecule has 0 bridgehead atoms. The van der Waals surface area contributed by atoms with Gasteiger partial charge < -0.3 is 0 Å². The molecule has 0 spiro atoms. The second kappa shape index (κ2) is 3.27. The van der Waals surface area contributed by atoms with Crippen LogP contribution in [0.3, 0.4) is 0 Å². The number of fused-ring (bicyclic) bond motifs is 1. The van der Waals surface area contributed by atoms with E-state index in [-0.39, 0.29) is 16.6 Å². The van der Waals surface area contributed by atoms with Crippen LogP contribution < -0.4 is 0 Å². The molecule has 0 aliphatic heterocycles. The largest absolute Gasteiger partial charge is 0.295 e. The summed E-state index contributed by atoms with van der Waals surface area (Å²) in [6, 6.07) is 5.33. The van der Waals surface area contributed by atoms with Crippen molar-refractivity contribution in [3.63, 3.8) is 0 Å². The van der Waals surface area contributed by atoms with Gasteiger partial charge in [0.15, 0.2) is 5.52 Å². The van der Waals surface area contributed by atoms with E-state index in [1.54, 1.807) is 13.0 Å². The van der Waals surface area contributed by atoms with Gasteiger partial charge in [-0.2, -0.15) is 0 Å². The number of pyridine rings is 1. The van der Waals surface area contributed by atoms with Crippen LogP contribution in [0, 0.1) is 22.9 Å². The number of hydrogen-bond donors (Lipinski definition) is 0. The molecule has 0 unspecified atom stereocenters. The molecule has 1 aromatic carbocycles. The number of rotatable bonds is 1. The highest BCUT2D eigenvalue weighted by molar-refractivity contribution is 5.87. The maximum atomic E-state index is 13.3. The van der Waals surface area contributed by atoms with Crippen molar-refractivity contribution in [3.8, 4) is 0 Å². The summed E-state index contributed by atoms with van der Waals surface area (Å²) in [6.07, 6.45) is 0. The highest BCUT2D eigenvalue weighted by Gasteiger charge is 2.15. The number of hydrogen-bond acceptors (Lipinski definition) is 3. The van der Waals surface area contributed by atoms with Crippen molar-refractivity contribution in [1.29, 1.82) is 0 Å². The fourth-order valence-corrected chi connectivity index (χ4v) is 1.41. The minimum atomic E-state index is -0.561. The first-order chi connectivity index (χ1) is 7.09. The highest BCUT2D eigenvalue weighted by atomic mass is 19.1. The van der Waals surface area contributed by atoms with Gasteiger partial charge in [0.1, 0.15) is 5.82 Å². The maximum absolute atomic E-state index is 13.3. The van der Waals surface area contributed by atoms with E-state index in [4.69, 9.17) is 0 Å². The van der Waals surface area contributed by atoms with Gasteiger partial charge in [-0.25, -0.2) is 9.37 Å². The van der Waals surface area contributed by atoms with Gasteiger partial charge in [0.2, 0.25) is 0 Å². The fraction of sp³-hybridized carbons (Fsp3) is 0.100. The molecule has 2 rings (SSSR count). The van der Waals surface area contributed by atoms with E-state index >= 15 is 0 Å². The van der Waals surface area contributed by atoms with Crippen LogP contribution in [0.1, 0.15) is 5.69 Å². The van der Waals surface area contributed by atoms with E-state index in [0.717, 1.165) is 12.1 Å². The zero-order chi connectivity index (χ0) is 11.0. The number of nitrogens with zero attached hydrogens (tertiary/aromatic N) is 2. The van der Waals surface area contributed by atoms with E-state index in [1.165, 1.54) is 6.07 Å². The maximum Gasteiger partial charge on any atom is 0.295 e. The number of non-ortho nitro benzene ring substituents is 1. The van der Waals surface area contributed by atoms with Crippen molar-refractivity contribution >= 4 is 16.6 Å². The van der Waals surface area contributed by atoms with E-state index < -0.39 is 10.7 Å². The van der Waals surface area contributed by atoms with Crippen molar-refractivity contribution < 1.29 is 9.31 Å². The molecule has 15 heavy (non-hydrogen) atoms. The standard InChI is InChI=1S/C10H7FN2O2/c1-6-2-3-7-8(11)4-5-9(13(14)15)10(7)12-6/h2-5H,1H3. The molecule has 0 saturated heterocycles. The number of halogens is 1. The third kappa shape index (κ3) is 1.52. The van der Waals surface area contributed by atoms with Crippen LogP contribution in [-0.2, 0) is 0 Å². The Morgan fingerprint density at radius 1 is 1.33 bits per heavy atom. The van der Waals surface area contributed by atoms with Crippen LogP contribution in [-0.4, -0.2) is 9.91 Å². The van der Waals surface area contributed by atoms with Crippen LogP contribution in [0.4, 0.5) is 10.1 Å². The molecule has 0 N–H and O–H groups in total. The SMILES string of the molecule is Cc1ccc2c(F)ccc([N+](=O)[O-])c2n1. The topological polar surface area (TPSA) is 56.0 Å². The Balaban J connectivity index is 2.90. The van der Waals surface area contributed by atoms with Gasteiger partial charge in [-0.3, -0.25) is 10.1 Å². The van der Waals surface area contributed by atoms with Crippen LogP contribution in [0.5, 0.6) is 0 Å². The summed E-state index contributed by atoms with van der Waals surface area (Å²) < 4.78 is 13.3. The molecule has 0 radical (unpaired) electrons. The molecule has 0 aliphatic carbocycles. The summed E-state index contributed by atoms with van der Waals surface area (Å²) in [7, 11) is 0. The smallest absolute Gasteiger partial charge is 0.258 e. The molecular formula is C10H7FN2O2. The molecule has 0 fully saturated rings. The molecule has 76 valence electrons. The van der Waals surface area contributed by atoms with Crippen LogP contribution in [0.25, 0.3) is 10.9 Å². The average molecular weight is 206 g/mol. The fourth-order valence-electron chi connectivity index (χ4n) is 1.41. The van der Waals surface area contributed by atoms with Crippen LogP contribution in [0.15, 0.2) is 24.3 Å². The first-order valence-electron chi connectivity index (χ1n) is 4.30. The minimum absolute atomic E-state index is 0.0972. The lowest BCUT2D eigenvalue weighted by Crippen LogP contribution is -1.94. The summed E-state index contributed by atoms with van der Waals surface area (Å²) in [4.78, 5) is 14.1. The second-order valence-corrected chi connectivity index (χ2v) is 3.17. The van der Waals surface area contributed by atoms with Crippen molar-refractivity contribution in [2.75, 3.05) is 0 Å². The summed E-state index contributed by atoms with van der Waals surface area (Å²) >= 11 is 0. The van der Waals surface area contributed by atoms with Crippen molar-refractivity contribution in [2.45, 2.75) is 6.92 Å². The molecule has 0 saturated carbocycles. The lowest BCUT2D eigenvalue weighted by atomic mass is 10.1. The first-order valence-corrected chi connectivity index (χ1v) is 4.30. The lowest BCUT2D eigenvalue weighted by Gasteiger charge is -2.00. The molecule has 1 heterocycles. The Hall–Kier alpha value is -2.04. The van der Waals surface area contributed by atoms with E-state index in [9.17, 15) is 14.5 Å². The van der Waals surface area contributed by atoms with E-state index in [0.29, 0.717) is 5.69 Å². The summed E-state index contributed by atoms with van der Waals surface area (Å²) in [6.45, 7) is 1.70. The summed E-state index contributed by atoms with van der Waals surface area (Å²) in [5, 5.41) is 10.9. The average Bonchev–Trinajstić information content (AvgIpc) is 2.17. The van der Waals surface area contributed by atoms with Crippen molar-refractivity contribution in [1.82, 2.24) is 4.98 Å². The van der Waals surface area contributed by atoms with Gasteiger partial charge in [-0.05, 0) is 25.1 Å². The molecule has 1 aromatic heterocycles. The number of aromatic nitrogens is 1. The quantitative estimate of drug-likeness (QED) is 0.532. The van der Waals surface area contributed by atoms with E-state index in [1.807, 2.05) is 0 Å². The first kappa shape index (κ1) is 9.51. The molecular weight excluding hydrogens is 199 g/mol. The number of benzene rings is 1. The predicted molar refractivity (Wildman–Crippen MR) is 53.1 cm³/mol. The van der Waals surface area contributed by atoms with Gasteiger partial charge in [0.05, 0.1) is 4.92 Å². The van der Waals surface area contributed by atoms with Crippen molar-refractivity contribution in [3.05, 3.63) is 45.9 Å². The Bertz CT molecular complexity index is 554. The summed E-state index contributed by atoms with van der Waals surface area (Å²) in [5.41, 5.74) is 0.548. The Labute approximate surface area is 84.5 Å². The van der Waals surface area contributed by atoms with Crippen LogP contribution in [0.2, 0.25) is 0 Å². The zero-order valence-corrected chi connectivity index (χ0v) is 7.90. The monoisotopic (exact) mass is 206 g/mol. The van der Waals surface area contributed by atoms with Gasteiger partial charge in [0, 0.05) is 17.1 Å². The Morgan fingerprint density at radius 2 is 2.07 bits per heavy atom. The second-order valence-electron chi connectivity index (χ2n) is 3.17. The Morgan fingerprint density at radius 3 is 2.73 bits per heavy atom. The molecule has 4 nitrogen and oxygen atoms in total. The minimum Gasteiger partial charge on any atom is -0.258 e. The Kier molecular flexibility index (Phi) is 2.07. The number of nitro groups is 1. The number of nitro benzene ring substituents is 1. The lowest BCUT2D eigenvalue weighted by molar-refractivity contribution is -0.383. The molecule has 0 atom stereocenters. The molecule has 5 heteroatoms. The third-order valence-electron chi connectivity index (χ3n) is 2.12. The predicted octanol–water partition coefficient (Wildman–Crippen LogP) is 2.59.